The molecule has 0 aliphatic heterocycles. The van der Waals surface area contributed by atoms with E-state index in [4.69, 9.17) is 5.73 Å². The maximum absolute atomic E-state index is 12.7. The van der Waals surface area contributed by atoms with Gasteiger partial charge in [-0.3, -0.25) is 0 Å². The van der Waals surface area contributed by atoms with Crippen LogP contribution in [0.5, 0.6) is 0 Å². The van der Waals surface area contributed by atoms with Crippen LogP contribution in [-0.2, 0) is 10.0 Å². The zero-order valence-corrected chi connectivity index (χ0v) is 12.7. The van der Waals surface area contributed by atoms with E-state index in [0.717, 1.165) is 25.7 Å². The van der Waals surface area contributed by atoms with Gasteiger partial charge in [-0.05, 0) is 25.2 Å². The van der Waals surface area contributed by atoms with Crippen LogP contribution in [0.1, 0.15) is 52.9 Å². The smallest absolute Gasteiger partial charge is 0.218 e. The fourth-order valence-electron chi connectivity index (χ4n) is 2.70. The van der Waals surface area contributed by atoms with Crippen molar-refractivity contribution in [3.63, 3.8) is 0 Å². The van der Waals surface area contributed by atoms with Crippen LogP contribution in [0.15, 0.2) is 0 Å². The van der Waals surface area contributed by atoms with Crippen LogP contribution in [0.3, 0.4) is 0 Å². The monoisotopic (exact) mass is 276 g/mol. The number of sulfonamides is 1. The van der Waals surface area contributed by atoms with Crippen LogP contribution < -0.4 is 5.73 Å². The first kappa shape index (κ1) is 15.9. The van der Waals surface area contributed by atoms with Crippen molar-refractivity contribution < 1.29 is 8.42 Å². The highest BCUT2D eigenvalue weighted by Crippen LogP contribution is 2.28. The van der Waals surface area contributed by atoms with E-state index in [9.17, 15) is 8.42 Å². The molecular formula is C13H28N2O2S. The standard InChI is InChI=1S/C13H28N2O2S/c1-4-13(9-14)18(16,17)15(10-11(2)3)12-7-5-6-8-12/h11-13H,4-10,14H2,1-3H3. The van der Waals surface area contributed by atoms with Gasteiger partial charge in [-0.1, -0.05) is 33.6 Å². The maximum atomic E-state index is 12.7. The van der Waals surface area contributed by atoms with E-state index in [2.05, 4.69) is 13.8 Å². The molecule has 0 radical (unpaired) electrons. The highest BCUT2D eigenvalue weighted by molar-refractivity contribution is 7.89. The van der Waals surface area contributed by atoms with Gasteiger partial charge in [0.25, 0.3) is 0 Å². The second-order valence-electron chi connectivity index (χ2n) is 5.71. The van der Waals surface area contributed by atoms with E-state index in [1.54, 1.807) is 4.31 Å². The van der Waals surface area contributed by atoms with Crippen molar-refractivity contribution in [3.05, 3.63) is 0 Å². The summed E-state index contributed by atoms with van der Waals surface area (Å²) in [6.45, 7) is 6.89. The SMILES string of the molecule is CCC(CN)S(=O)(=O)N(CC(C)C)C1CCCC1. The Kier molecular flexibility index (Phi) is 6.08. The van der Waals surface area contributed by atoms with Gasteiger partial charge in [0, 0.05) is 19.1 Å². The minimum Gasteiger partial charge on any atom is -0.329 e. The molecule has 2 N–H and O–H groups in total. The third-order valence-electron chi connectivity index (χ3n) is 3.74. The van der Waals surface area contributed by atoms with Gasteiger partial charge in [0.05, 0.1) is 5.25 Å². The molecule has 5 heteroatoms. The van der Waals surface area contributed by atoms with Gasteiger partial charge in [-0.25, -0.2) is 8.42 Å². The molecule has 0 saturated heterocycles. The topological polar surface area (TPSA) is 63.4 Å². The average Bonchev–Trinajstić information content (AvgIpc) is 2.79. The molecule has 1 aliphatic rings. The normalized spacial score (nSPS) is 19.9. The van der Waals surface area contributed by atoms with Crippen molar-refractivity contribution in [2.24, 2.45) is 11.7 Å². The van der Waals surface area contributed by atoms with Gasteiger partial charge in [0.15, 0.2) is 0 Å². The lowest BCUT2D eigenvalue weighted by Crippen LogP contribution is -2.47. The summed E-state index contributed by atoms with van der Waals surface area (Å²) in [6, 6.07) is 0.206. The number of hydrogen-bond acceptors (Lipinski definition) is 3. The minimum absolute atomic E-state index is 0.206. The highest BCUT2D eigenvalue weighted by Gasteiger charge is 2.36. The van der Waals surface area contributed by atoms with E-state index in [0.29, 0.717) is 18.9 Å². The molecule has 1 saturated carbocycles. The molecule has 0 aromatic heterocycles. The van der Waals surface area contributed by atoms with Gasteiger partial charge >= 0.3 is 0 Å². The Morgan fingerprint density at radius 1 is 1.28 bits per heavy atom. The van der Waals surface area contributed by atoms with Crippen molar-refractivity contribution in [1.29, 1.82) is 0 Å². The Balaban J connectivity index is 2.93. The summed E-state index contributed by atoms with van der Waals surface area (Å²) in [5, 5.41) is -0.420. The fourth-order valence-corrected chi connectivity index (χ4v) is 4.88. The van der Waals surface area contributed by atoms with E-state index in [1.807, 2.05) is 6.92 Å². The summed E-state index contributed by atoms with van der Waals surface area (Å²) in [6.07, 6.45) is 4.91. The molecule has 0 bridgehead atoms. The summed E-state index contributed by atoms with van der Waals surface area (Å²) in [7, 11) is -3.23. The van der Waals surface area contributed by atoms with Crippen molar-refractivity contribution in [2.75, 3.05) is 13.1 Å². The third-order valence-corrected chi connectivity index (χ3v) is 6.21. The number of nitrogens with zero attached hydrogens (tertiary/aromatic N) is 1. The van der Waals surface area contributed by atoms with Crippen LogP contribution in [-0.4, -0.2) is 37.1 Å². The summed E-state index contributed by atoms with van der Waals surface area (Å²) < 4.78 is 27.1. The lowest BCUT2D eigenvalue weighted by Gasteiger charge is -2.32. The molecular weight excluding hydrogens is 248 g/mol. The first-order valence-electron chi connectivity index (χ1n) is 7.14. The zero-order chi connectivity index (χ0) is 13.8. The molecule has 0 aromatic rings. The molecule has 0 amide bonds. The molecule has 1 fully saturated rings. The summed E-state index contributed by atoms with van der Waals surface area (Å²) >= 11 is 0. The molecule has 1 aliphatic carbocycles. The van der Waals surface area contributed by atoms with Crippen molar-refractivity contribution >= 4 is 10.0 Å². The van der Waals surface area contributed by atoms with E-state index >= 15 is 0 Å². The molecule has 4 nitrogen and oxygen atoms in total. The Morgan fingerprint density at radius 3 is 2.22 bits per heavy atom. The molecule has 0 heterocycles. The van der Waals surface area contributed by atoms with Gasteiger partial charge in [0.1, 0.15) is 0 Å². The molecule has 0 aromatic carbocycles. The Bertz CT molecular complexity index is 331. The number of nitrogens with two attached hydrogens (primary N) is 1. The Morgan fingerprint density at radius 2 is 1.83 bits per heavy atom. The predicted octanol–water partition coefficient (Wildman–Crippen LogP) is 1.95. The van der Waals surface area contributed by atoms with Gasteiger partial charge in [-0.2, -0.15) is 4.31 Å². The molecule has 1 atom stereocenters. The summed E-state index contributed by atoms with van der Waals surface area (Å²) in [5.74, 6) is 0.357. The van der Waals surface area contributed by atoms with Crippen LogP contribution >= 0.6 is 0 Å². The fraction of sp³-hybridized carbons (Fsp3) is 1.00. The molecule has 108 valence electrons. The average molecular weight is 276 g/mol. The Labute approximate surface area is 112 Å². The third kappa shape index (κ3) is 3.68. The maximum Gasteiger partial charge on any atom is 0.218 e. The van der Waals surface area contributed by atoms with Gasteiger partial charge in [0.2, 0.25) is 10.0 Å². The van der Waals surface area contributed by atoms with Gasteiger partial charge in [-0.15, -0.1) is 0 Å². The van der Waals surface area contributed by atoms with Crippen LogP contribution in [0.2, 0.25) is 0 Å². The number of rotatable bonds is 7. The quantitative estimate of drug-likeness (QED) is 0.773. The highest BCUT2D eigenvalue weighted by atomic mass is 32.2. The van der Waals surface area contributed by atoms with E-state index < -0.39 is 15.3 Å². The van der Waals surface area contributed by atoms with E-state index in [1.165, 1.54) is 0 Å². The first-order chi connectivity index (χ1) is 8.43. The minimum atomic E-state index is -3.23. The largest absolute Gasteiger partial charge is 0.329 e. The van der Waals surface area contributed by atoms with Crippen molar-refractivity contribution in [1.82, 2.24) is 4.31 Å². The zero-order valence-electron chi connectivity index (χ0n) is 11.9. The molecule has 1 rings (SSSR count). The summed E-state index contributed by atoms with van der Waals surface area (Å²) in [4.78, 5) is 0. The molecule has 18 heavy (non-hydrogen) atoms. The van der Waals surface area contributed by atoms with Crippen LogP contribution in [0.4, 0.5) is 0 Å². The first-order valence-corrected chi connectivity index (χ1v) is 8.64. The second kappa shape index (κ2) is 6.87. The van der Waals surface area contributed by atoms with Crippen LogP contribution in [0, 0.1) is 5.92 Å². The Hall–Kier alpha value is -0.130. The molecule has 1 unspecified atom stereocenters. The van der Waals surface area contributed by atoms with Crippen molar-refractivity contribution in [3.8, 4) is 0 Å². The lowest BCUT2D eigenvalue weighted by molar-refractivity contribution is 0.289. The number of hydrogen-bond donors (Lipinski definition) is 1. The van der Waals surface area contributed by atoms with Gasteiger partial charge < -0.3 is 5.73 Å². The lowest BCUT2D eigenvalue weighted by atomic mass is 10.2. The van der Waals surface area contributed by atoms with Crippen LogP contribution in [0.25, 0.3) is 0 Å². The summed E-state index contributed by atoms with van der Waals surface area (Å²) in [5.41, 5.74) is 5.63. The second-order valence-corrected chi connectivity index (χ2v) is 7.88. The van der Waals surface area contributed by atoms with E-state index in [-0.39, 0.29) is 12.6 Å². The predicted molar refractivity (Wildman–Crippen MR) is 75.9 cm³/mol. The van der Waals surface area contributed by atoms with Crippen molar-refractivity contribution in [2.45, 2.75) is 64.2 Å². The molecule has 0 spiro atoms.